The van der Waals surface area contributed by atoms with Gasteiger partial charge in [-0.2, -0.15) is 0 Å². The first-order valence-corrected chi connectivity index (χ1v) is 15.4. The van der Waals surface area contributed by atoms with Crippen molar-refractivity contribution in [3.05, 3.63) is 28.0 Å². The monoisotopic (exact) mass is 586 g/mol. The van der Waals surface area contributed by atoms with E-state index in [1.807, 2.05) is 4.90 Å². The van der Waals surface area contributed by atoms with Gasteiger partial charge < -0.3 is 29.9 Å². The quantitative estimate of drug-likeness (QED) is 0.361. The highest BCUT2D eigenvalue weighted by atomic mass is 19.1. The van der Waals surface area contributed by atoms with Crippen LogP contribution in [-0.4, -0.2) is 116 Å². The average Bonchev–Trinajstić information content (AvgIpc) is 3.72. The molecule has 1 aromatic heterocycles. The van der Waals surface area contributed by atoms with Crippen LogP contribution in [0.5, 0.6) is 5.88 Å². The molecule has 7 rings (SSSR count). The van der Waals surface area contributed by atoms with Gasteiger partial charge in [0.25, 0.3) is 5.91 Å². The summed E-state index contributed by atoms with van der Waals surface area (Å²) in [6, 6.07) is -1.06. The number of carbonyl (C=O) groups is 3. The normalized spacial score (nSPS) is 36.4. The van der Waals surface area contributed by atoms with E-state index in [0.29, 0.717) is 32.6 Å². The smallest absolute Gasteiger partial charge is 0.325 e. The van der Waals surface area contributed by atoms with Gasteiger partial charge in [0.05, 0.1) is 48.0 Å². The maximum absolute atomic E-state index is 16.2. The van der Waals surface area contributed by atoms with Crippen LogP contribution in [0.4, 0.5) is 4.39 Å². The van der Waals surface area contributed by atoms with E-state index in [4.69, 9.17) is 4.74 Å². The Morgan fingerprint density at radius 2 is 1.83 bits per heavy atom. The van der Waals surface area contributed by atoms with Gasteiger partial charge in [-0.3, -0.25) is 24.3 Å². The van der Waals surface area contributed by atoms with Crippen molar-refractivity contribution in [2.24, 2.45) is 5.92 Å². The van der Waals surface area contributed by atoms with Crippen LogP contribution >= 0.6 is 0 Å². The first-order valence-electron chi connectivity index (χ1n) is 15.4. The van der Waals surface area contributed by atoms with E-state index >= 15 is 4.39 Å². The number of halogens is 1. The van der Waals surface area contributed by atoms with Crippen LogP contribution in [0.3, 0.4) is 0 Å². The molecule has 2 amide bonds. The molecule has 12 nitrogen and oxygen atoms in total. The molecule has 1 aromatic rings. The second kappa shape index (κ2) is 10.8. The molecular formula is C29H39FN6O6. The van der Waals surface area contributed by atoms with Gasteiger partial charge in [-0.1, -0.05) is 12.8 Å². The van der Waals surface area contributed by atoms with E-state index in [2.05, 4.69) is 20.2 Å². The number of H-pyrrole nitrogens is 2. The number of carbonyl (C=O) groups excluding carboxylic acids is 3. The van der Waals surface area contributed by atoms with Crippen LogP contribution in [0.15, 0.2) is 16.6 Å². The van der Waals surface area contributed by atoms with Crippen molar-refractivity contribution in [3.8, 4) is 5.88 Å². The van der Waals surface area contributed by atoms with E-state index in [1.54, 1.807) is 11.1 Å². The lowest BCUT2D eigenvalue weighted by molar-refractivity contribution is -0.210. The number of aromatic hydroxyl groups is 1. The van der Waals surface area contributed by atoms with E-state index in [0.717, 1.165) is 38.5 Å². The highest BCUT2D eigenvalue weighted by Gasteiger charge is 2.60. The van der Waals surface area contributed by atoms with Crippen LogP contribution in [0.1, 0.15) is 57.1 Å². The number of hydrogen-bond donors (Lipinski definition) is 4. The fourth-order valence-electron chi connectivity index (χ4n) is 8.39. The molecule has 0 aromatic carbocycles. The molecule has 5 heterocycles. The number of rotatable bonds is 5. The number of imidazole rings is 1. The number of likely N-dealkylation sites (tertiary alicyclic amines) is 2. The van der Waals surface area contributed by atoms with E-state index in [1.165, 1.54) is 0 Å². The summed E-state index contributed by atoms with van der Waals surface area (Å²) in [4.78, 5) is 61.9. The third-order valence-electron chi connectivity index (χ3n) is 10.3. The van der Waals surface area contributed by atoms with Gasteiger partial charge >= 0.3 is 5.69 Å². The third-order valence-corrected chi connectivity index (χ3v) is 10.3. The average molecular weight is 587 g/mol. The largest absolute Gasteiger partial charge is 0.493 e. The van der Waals surface area contributed by atoms with Gasteiger partial charge in [-0.25, -0.2) is 9.18 Å². The Kier molecular flexibility index (Phi) is 7.12. The predicted octanol–water partition coefficient (Wildman–Crippen LogP) is 0.338. The number of ketones is 1. The van der Waals surface area contributed by atoms with Crippen molar-refractivity contribution in [1.29, 1.82) is 0 Å². The van der Waals surface area contributed by atoms with Crippen molar-refractivity contribution in [2.45, 2.75) is 100 Å². The lowest BCUT2D eigenvalue weighted by atomic mass is 9.69. The molecule has 8 unspecified atom stereocenters. The molecule has 13 heteroatoms. The fraction of sp³-hybridized carbons (Fsp3) is 0.724. The fourth-order valence-corrected chi connectivity index (χ4v) is 8.39. The third kappa shape index (κ3) is 4.74. The van der Waals surface area contributed by atoms with Crippen molar-refractivity contribution >= 4 is 17.6 Å². The maximum Gasteiger partial charge on any atom is 0.325 e. The van der Waals surface area contributed by atoms with Crippen molar-refractivity contribution in [3.63, 3.8) is 0 Å². The SMILES string of the molecule is O=C(Cc1[nH]c(=O)[nH]c1O)NC1CCN(C2C(F)CC3C(=O)C(C(=O)N4CCCC4)=CN4C5CCCCC5OC2C34)C1. The molecule has 0 spiro atoms. The van der Waals surface area contributed by atoms with Gasteiger partial charge in [0.15, 0.2) is 5.78 Å². The number of aromatic amines is 2. The van der Waals surface area contributed by atoms with Gasteiger partial charge in [-0.05, 0) is 38.5 Å². The summed E-state index contributed by atoms with van der Waals surface area (Å²) in [7, 11) is 0. The number of Topliss-reactive ketones (excluding diaryl/α,β-unsaturated/α-hetero) is 1. The number of alkyl halides is 1. The molecule has 4 N–H and O–H groups in total. The Labute approximate surface area is 242 Å². The molecule has 4 aliphatic heterocycles. The first kappa shape index (κ1) is 27.6. The van der Waals surface area contributed by atoms with Crippen LogP contribution in [-0.2, 0) is 25.5 Å². The Hall–Kier alpha value is -3.19. The predicted molar refractivity (Wildman–Crippen MR) is 147 cm³/mol. The van der Waals surface area contributed by atoms with Gasteiger partial charge in [0.1, 0.15) is 6.17 Å². The molecule has 2 saturated carbocycles. The standard InChI is InChI=1S/C29H39FN6O6/c30-18-11-16-23-26(24(18)35-10-7-15(13-35)31-22(37)12-19-27(39)33-29(41)32-19)42-21-6-2-1-5-20(21)36(23)14-17(25(16)38)28(40)34-8-3-4-9-34/h14-16,18,20-21,23-24,26,39H,1-13H2,(H,31,37)(H2,32,33,41). The summed E-state index contributed by atoms with van der Waals surface area (Å²) in [5, 5.41) is 12.7. The van der Waals surface area contributed by atoms with Crippen molar-refractivity contribution in [1.82, 2.24) is 30.0 Å². The van der Waals surface area contributed by atoms with Crippen LogP contribution < -0.4 is 11.0 Å². The molecular weight excluding hydrogens is 547 g/mol. The van der Waals surface area contributed by atoms with Crippen LogP contribution in [0.25, 0.3) is 0 Å². The summed E-state index contributed by atoms with van der Waals surface area (Å²) in [5.41, 5.74) is -0.269. The van der Waals surface area contributed by atoms with Crippen LogP contribution in [0.2, 0.25) is 0 Å². The van der Waals surface area contributed by atoms with E-state index in [9.17, 15) is 24.3 Å². The summed E-state index contributed by atoms with van der Waals surface area (Å²) in [6.07, 6.45) is 6.07. The Bertz CT molecular complexity index is 1340. The molecule has 5 fully saturated rings. The highest BCUT2D eigenvalue weighted by molar-refractivity contribution is 6.20. The van der Waals surface area contributed by atoms with Gasteiger partial charge in [-0.15, -0.1) is 0 Å². The minimum absolute atomic E-state index is 0.0419. The van der Waals surface area contributed by atoms with Gasteiger partial charge in [0.2, 0.25) is 11.8 Å². The molecule has 6 aliphatic rings. The Morgan fingerprint density at radius 1 is 1.05 bits per heavy atom. The number of nitrogens with zero attached hydrogens (tertiary/aromatic N) is 3. The lowest BCUT2D eigenvalue weighted by Crippen LogP contribution is -2.73. The zero-order valence-electron chi connectivity index (χ0n) is 23.6. The number of amides is 2. The minimum Gasteiger partial charge on any atom is -0.493 e. The zero-order chi connectivity index (χ0) is 29.1. The number of nitrogens with one attached hydrogen (secondary N) is 3. The number of morpholine rings is 1. The van der Waals surface area contributed by atoms with Gasteiger partial charge in [0, 0.05) is 44.3 Å². The molecule has 0 radical (unpaired) electrons. The van der Waals surface area contributed by atoms with E-state index < -0.39 is 29.9 Å². The summed E-state index contributed by atoms with van der Waals surface area (Å²) in [5.74, 6) is -1.82. The number of hydrogen-bond acceptors (Lipinski definition) is 8. The molecule has 42 heavy (non-hydrogen) atoms. The second-order valence-corrected chi connectivity index (χ2v) is 12.8. The number of aromatic nitrogens is 2. The Balaban J connectivity index is 1.11. The summed E-state index contributed by atoms with van der Waals surface area (Å²) in [6.45, 7) is 2.30. The molecule has 2 aliphatic carbocycles. The van der Waals surface area contributed by atoms with Crippen LogP contribution in [0, 0.1) is 5.92 Å². The highest BCUT2D eigenvalue weighted by Crippen LogP contribution is 2.47. The topological polar surface area (TPSA) is 151 Å². The molecule has 8 atom stereocenters. The first-order chi connectivity index (χ1) is 20.3. The number of fused-ring (bicyclic) bond motifs is 2. The summed E-state index contributed by atoms with van der Waals surface area (Å²) >= 11 is 0. The Morgan fingerprint density at radius 3 is 2.60 bits per heavy atom. The number of ether oxygens (including phenoxy) is 1. The molecule has 228 valence electrons. The second-order valence-electron chi connectivity index (χ2n) is 12.8. The zero-order valence-corrected chi connectivity index (χ0v) is 23.6. The lowest BCUT2D eigenvalue weighted by Gasteiger charge is -2.60. The molecule has 3 saturated heterocycles. The minimum atomic E-state index is -1.32. The van der Waals surface area contributed by atoms with Crippen molar-refractivity contribution in [2.75, 3.05) is 26.2 Å². The van der Waals surface area contributed by atoms with E-state index in [-0.39, 0.29) is 71.8 Å². The molecule has 0 bridgehead atoms. The maximum atomic E-state index is 16.2. The van der Waals surface area contributed by atoms with Crippen molar-refractivity contribution < 1.29 is 28.6 Å². The summed E-state index contributed by atoms with van der Waals surface area (Å²) < 4.78 is 23.0.